The van der Waals surface area contributed by atoms with E-state index in [4.69, 9.17) is 40.2 Å². The topological polar surface area (TPSA) is 121 Å². The summed E-state index contributed by atoms with van der Waals surface area (Å²) >= 11 is 15.9. The van der Waals surface area contributed by atoms with E-state index in [9.17, 15) is 13.2 Å². The maximum atomic E-state index is 11.1. The second kappa shape index (κ2) is 9.83. The van der Waals surface area contributed by atoms with Crippen molar-refractivity contribution in [1.29, 1.82) is 0 Å². The van der Waals surface area contributed by atoms with Crippen LogP contribution in [0.1, 0.15) is 21.9 Å². The number of carbonyl (C=O) groups excluding carboxylic acids is 1. The number of thiocarbonyl (C=S) groups is 1. The number of sulfone groups is 1. The number of ether oxygens (including phenoxy) is 2. The lowest BCUT2D eigenvalue weighted by Crippen LogP contribution is -2.09. The molecule has 0 atom stereocenters. The standard InChI is InChI=1S/C7H7ClN2O4S.C7H7ClN2OS/c1-14-6(11)4-3-5(15(2,12)13)10-7(8)9-4;1-4-3-5(6(12)11-2)10-7(8)9-4/h3H,1-2H3;3H,1-2H3. The number of aryl methyl sites for hydroxylation is 1. The number of carbonyl (C=O) groups is 1. The number of esters is 1. The monoisotopic (exact) mass is 452 g/mol. The molecule has 2 heterocycles. The molecule has 0 aliphatic rings. The summed E-state index contributed by atoms with van der Waals surface area (Å²) in [5, 5.41) is -0.131. The van der Waals surface area contributed by atoms with Crippen LogP contribution in [0.25, 0.3) is 0 Å². The summed E-state index contributed by atoms with van der Waals surface area (Å²) in [6.45, 7) is 1.81. The van der Waals surface area contributed by atoms with Crippen LogP contribution in [0.3, 0.4) is 0 Å². The number of nitrogens with zero attached hydrogens (tertiary/aromatic N) is 4. The van der Waals surface area contributed by atoms with Gasteiger partial charge in [-0.25, -0.2) is 33.1 Å². The zero-order valence-electron chi connectivity index (χ0n) is 14.6. The lowest BCUT2D eigenvalue weighted by atomic mass is 10.3. The van der Waals surface area contributed by atoms with Gasteiger partial charge in [-0.3, -0.25) is 0 Å². The molecule has 0 aliphatic heterocycles. The molecule has 13 heteroatoms. The van der Waals surface area contributed by atoms with Crippen molar-refractivity contribution < 1.29 is 22.7 Å². The van der Waals surface area contributed by atoms with Crippen LogP contribution < -0.4 is 0 Å². The Morgan fingerprint density at radius 2 is 1.56 bits per heavy atom. The van der Waals surface area contributed by atoms with Crippen molar-refractivity contribution >= 4 is 56.3 Å². The van der Waals surface area contributed by atoms with Gasteiger partial charge in [-0.1, -0.05) is 0 Å². The van der Waals surface area contributed by atoms with Crippen LogP contribution in [0.5, 0.6) is 0 Å². The summed E-state index contributed by atoms with van der Waals surface area (Å²) < 4.78 is 31.5. The Morgan fingerprint density at radius 1 is 1.00 bits per heavy atom. The molecule has 0 aliphatic carbocycles. The summed E-state index contributed by atoms with van der Waals surface area (Å²) in [6.07, 6.45) is 0.951. The predicted octanol–water partition coefficient (Wildman–Crippen LogP) is 2.08. The van der Waals surface area contributed by atoms with E-state index in [0.29, 0.717) is 10.7 Å². The third kappa shape index (κ3) is 7.29. The van der Waals surface area contributed by atoms with Crippen molar-refractivity contribution in [2.45, 2.75) is 11.9 Å². The first-order chi connectivity index (χ1) is 12.5. The molecule has 0 N–H and O–H groups in total. The Balaban J connectivity index is 0.000000277. The highest BCUT2D eigenvalue weighted by Gasteiger charge is 2.16. The molecule has 0 spiro atoms. The van der Waals surface area contributed by atoms with Crippen LogP contribution in [-0.4, -0.2) is 59.8 Å². The van der Waals surface area contributed by atoms with Crippen LogP contribution >= 0.6 is 35.4 Å². The summed E-state index contributed by atoms with van der Waals surface area (Å²) in [6, 6.07) is 2.73. The van der Waals surface area contributed by atoms with E-state index < -0.39 is 15.8 Å². The van der Waals surface area contributed by atoms with Gasteiger partial charge in [0.1, 0.15) is 5.69 Å². The second-order valence-corrected chi connectivity index (χ2v) is 7.79. The number of hydrogen-bond donors (Lipinski definition) is 0. The van der Waals surface area contributed by atoms with Gasteiger partial charge < -0.3 is 9.47 Å². The molecular formula is C14H14Cl2N4O5S2. The number of hydrogen-bond acceptors (Lipinski definition) is 10. The van der Waals surface area contributed by atoms with E-state index in [2.05, 4.69) is 24.7 Å². The maximum Gasteiger partial charge on any atom is 0.356 e. The van der Waals surface area contributed by atoms with Gasteiger partial charge in [-0.05, 0) is 48.4 Å². The first kappa shape index (κ1) is 23.1. The van der Waals surface area contributed by atoms with Gasteiger partial charge in [-0.15, -0.1) is 0 Å². The van der Waals surface area contributed by atoms with Gasteiger partial charge in [0.25, 0.3) is 0 Å². The zero-order chi connectivity index (χ0) is 20.8. The first-order valence-corrected chi connectivity index (χ1v) is 9.96. The van der Waals surface area contributed by atoms with Crippen LogP contribution in [0.2, 0.25) is 10.6 Å². The fourth-order valence-corrected chi connectivity index (χ4v) is 2.68. The van der Waals surface area contributed by atoms with Gasteiger partial charge in [0.15, 0.2) is 20.6 Å². The number of aromatic nitrogens is 4. The molecule has 9 nitrogen and oxygen atoms in total. The van der Waals surface area contributed by atoms with Gasteiger partial charge in [0, 0.05) is 18.0 Å². The highest BCUT2D eigenvalue weighted by molar-refractivity contribution is 7.90. The third-order valence-corrected chi connectivity index (χ3v) is 4.35. The van der Waals surface area contributed by atoms with Crippen LogP contribution in [-0.2, 0) is 19.3 Å². The van der Waals surface area contributed by atoms with E-state index in [1.54, 1.807) is 6.07 Å². The maximum absolute atomic E-state index is 11.1. The summed E-state index contributed by atoms with van der Waals surface area (Å²) in [7, 11) is -0.888. The van der Waals surface area contributed by atoms with E-state index in [1.165, 1.54) is 7.11 Å². The second-order valence-electron chi connectivity index (χ2n) is 4.78. The largest absolute Gasteiger partial charge is 0.485 e. The van der Waals surface area contributed by atoms with E-state index in [0.717, 1.165) is 25.1 Å². The van der Waals surface area contributed by atoms with Crippen molar-refractivity contribution in [1.82, 2.24) is 19.9 Å². The number of rotatable bonds is 3. The Hall–Kier alpha value is -1.95. The number of halogens is 2. The average molecular weight is 453 g/mol. The summed E-state index contributed by atoms with van der Waals surface area (Å²) in [5.74, 6) is -0.774. The fraction of sp³-hybridized carbons (Fsp3) is 0.286. The highest BCUT2D eigenvalue weighted by atomic mass is 35.5. The molecule has 0 bridgehead atoms. The zero-order valence-corrected chi connectivity index (χ0v) is 17.7. The smallest absolute Gasteiger partial charge is 0.356 e. The lowest BCUT2D eigenvalue weighted by molar-refractivity contribution is 0.0593. The van der Waals surface area contributed by atoms with Crippen LogP contribution in [0, 0.1) is 6.92 Å². The molecule has 0 fully saturated rings. The van der Waals surface area contributed by atoms with E-state index in [-0.39, 0.29) is 21.3 Å². The molecule has 0 saturated heterocycles. The summed E-state index contributed by atoms with van der Waals surface area (Å²) in [4.78, 5) is 25.9. The van der Waals surface area contributed by atoms with E-state index in [1.807, 2.05) is 6.92 Å². The Labute approximate surface area is 171 Å². The molecule has 0 unspecified atom stereocenters. The molecule has 2 rings (SSSR count). The molecule has 27 heavy (non-hydrogen) atoms. The molecule has 2 aromatic rings. The molecule has 0 radical (unpaired) electrons. The van der Waals surface area contributed by atoms with Gasteiger partial charge in [-0.2, -0.15) is 0 Å². The molecule has 2 aromatic heterocycles. The van der Waals surface area contributed by atoms with Crippen molar-refractivity contribution in [3.8, 4) is 0 Å². The van der Waals surface area contributed by atoms with Gasteiger partial charge in [0.2, 0.25) is 15.6 Å². The average Bonchev–Trinajstić information content (AvgIpc) is 2.58. The highest BCUT2D eigenvalue weighted by Crippen LogP contribution is 2.11. The predicted molar refractivity (Wildman–Crippen MR) is 102 cm³/mol. The van der Waals surface area contributed by atoms with Crippen molar-refractivity contribution in [3.05, 3.63) is 39.8 Å². The SMILES string of the molecule is COC(=O)c1cc(S(C)(=O)=O)nc(Cl)n1.COC(=S)c1cc(C)nc(Cl)n1. The minimum atomic E-state index is -3.53. The Morgan fingerprint density at radius 3 is 2.04 bits per heavy atom. The molecule has 146 valence electrons. The molecule has 0 saturated carbocycles. The lowest BCUT2D eigenvalue weighted by Gasteiger charge is -2.01. The minimum Gasteiger partial charge on any atom is -0.485 e. The number of methoxy groups -OCH3 is 2. The fourth-order valence-electron chi connectivity index (χ4n) is 1.54. The van der Waals surface area contributed by atoms with Gasteiger partial charge in [0.05, 0.1) is 14.2 Å². The quantitative estimate of drug-likeness (QED) is 0.296. The Kier molecular flexibility index (Phi) is 8.41. The molecule has 0 amide bonds. The van der Waals surface area contributed by atoms with E-state index >= 15 is 0 Å². The first-order valence-electron chi connectivity index (χ1n) is 6.90. The minimum absolute atomic E-state index is 0.185. The Bertz CT molecular complexity index is 950. The molecular weight excluding hydrogens is 439 g/mol. The van der Waals surface area contributed by atoms with Crippen molar-refractivity contribution in [3.63, 3.8) is 0 Å². The van der Waals surface area contributed by atoms with Gasteiger partial charge >= 0.3 is 5.97 Å². The summed E-state index contributed by atoms with van der Waals surface area (Å²) in [5.41, 5.74) is 1.12. The normalized spacial score (nSPS) is 10.4. The third-order valence-electron chi connectivity index (χ3n) is 2.67. The molecule has 0 aromatic carbocycles. The van der Waals surface area contributed by atoms with Crippen LogP contribution in [0.4, 0.5) is 0 Å². The van der Waals surface area contributed by atoms with Crippen molar-refractivity contribution in [2.24, 2.45) is 0 Å². The van der Waals surface area contributed by atoms with Crippen molar-refractivity contribution in [2.75, 3.05) is 20.5 Å². The van der Waals surface area contributed by atoms with Crippen LogP contribution in [0.15, 0.2) is 17.2 Å².